The van der Waals surface area contributed by atoms with Crippen molar-refractivity contribution in [3.05, 3.63) is 84.7 Å². The highest BCUT2D eigenvalue weighted by Gasteiger charge is 2.12. The van der Waals surface area contributed by atoms with E-state index in [2.05, 4.69) is 41.2 Å². The van der Waals surface area contributed by atoms with Crippen LogP contribution in [0.15, 0.2) is 79.1 Å². The van der Waals surface area contributed by atoms with E-state index < -0.39 is 6.03 Å². The van der Waals surface area contributed by atoms with E-state index in [0.29, 0.717) is 54.1 Å². The fraction of sp³-hybridized carbons (Fsp3) is 0.148. The minimum Gasteiger partial charge on any atom is -0.466 e. The molecule has 5 rings (SSSR count). The van der Waals surface area contributed by atoms with Crippen molar-refractivity contribution in [1.29, 1.82) is 0 Å². The molecule has 0 aliphatic rings. The van der Waals surface area contributed by atoms with E-state index in [9.17, 15) is 9.59 Å². The Morgan fingerprint density at radius 2 is 1.72 bits per heavy atom. The zero-order valence-corrected chi connectivity index (χ0v) is 21.0. The first-order valence-corrected chi connectivity index (χ1v) is 12.2. The van der Waals surface area contributed by atoms with Gasteiger partial charge in [-0.25, -0.2) is 14.3 Å². The van der Waals surface area contributed by atoms with Gasteiger partial charge in [0.25, 0.3) is 5.78 Å². The van der Waals surface area contributed by atoms with Gasteiger partial charge in [-0.05, 0) is 42.7 Å². The zero-order valence-electron chi connectivity index (χ0n) is 21.0. The first-order valence-electron chi connectivity index (χ1n) is 12.2. The first-order chi connectivity index (χ1) is 19.0. The molecule has 0 radical (unpaired) electrons. The van der Waals surface area contributed by atoms with Crippen molar-refractivity contribution in [3.8, 4) is 11.3 Å². The molecule has 3 aromatic heterocycles. The summed E-state index contributed by atoms with van der Waals surface area (Å²) in [5.41, 5.74) is 3.69. The minimum absolute atomic E-state index is 0.297. The topological polar surface area (TPSA) is 148 Å². The summed E-state index contributed by atoms with van der Waals surface area (Å²) in [6, 6.07) is 19.8. The molecule has 39 heavy (non-hydrogen) atoms. The van der Waals surface area contributed by atoms with Crippen molar-refractivity contribution in [2.24, 2.45) is 0 Å². The highest BCUT2D eigenvalue weighted by atomic mass is 16.5. The maximum Gasteiger partial charge on any atom is 0.324 e. The number of fused-ring (bicyclic) bond motifs is 1. The number of amides is 2. The Balaban J connectivity index is 1.22. The number of carbonyl (C=O) groups excluding carboxylic acids is 2. The third kappa shape index (κ3) is 6.68. The van der Waals surface area contributed by atoms with Crippen LogP contribution in [0, 0.1) is 0 Å². The van der Waals surface area contributed by atoms with E-state index in [1.807, 2.05) is 42.6 Å². The molecule has 0 atom stereocenters. The number of carbonyl (C=O) groups is 2. The van der Waals surface area contributed by atoms with Crippen LogP contribution in [0.25, 0.3) is 17.0 Å². The van der Waals surface area contributed by atoms with Gasteiger partial charge >= 0.3 is 12.0 Å². The summed E-state index contributed by atoms with van der Waals surface area (Å²) >= 11 is 0. The lowest BCUT2D eigenvalue weighted by Gasteiger charge is -2.11. The van der Waals surface area contributed by atoms with Gasteiger partial charge in [-0.15, -0.1) is 15.3 Å². The molecule has 0 saturated heterocycles. The van der Waals surface area contributed by atoms with Crippen LogP contribution in [0.3, 0.4) is 0 Å². The number of hydrogen-bond acceptors (Lipinski definition) is 9. The minimum atomic E-state index is -0.478. The lowest BCUT2D eigenvalue weighted by molar-refractivity contribution is -0.141. The van der Waals surface area contributed by atoms with Gasteiger partial charge in [0.05, 0.1) is 23.7 Å². The maximum atomic E-state index is 12.7. The van der Waals surface area contributed by atoms with Gasteiger partial charge in [0.2, 0.25) is 5.95 Å². The van der Waals surface area contributed by atoms with Crippen molar-refractivity contribution in [2.75, 3.05) is 22.6 Å². The number of benzene rings is 2. The van der Waals surface area contributed by atoms with Crippen molar-refractivity contribution >= 4 is 40.9 Å². The van der Waals surface area contributed by atoms with E-state index in [4.69, 9.17) is 4.74 Å². The molecule has 2 aromatic carbocycles. The molecule has 0 fully saturated rings. The standard InChI is InChI=1S/C27H25N9O3/c1-18(37)39-15-7-8-19-16-28-26-32-25(35-36(26)17-19)29-22-11-5-6-12-23(22)30-27(38)31-24-14-13-21(33-34-24)20-9-3-2-4-10-20/h2-6,9-14,16-17H,7-8,15H2,1H3,(H,29,35)(H2,30,31,34,38). The van der Waals surface area contributed by atoms with Crippen molar-refractivity contribution in [3.63, 3.8) is 0 Å². The highest BCUT2D eigenvalue weighted by molar-refractivity contribution is 6.01. The molecule has 3 N–H and O–H groups in total. The molecule has 5 aromatic rings. The summed E-state index contributed by atoms with van der Waals surface area (Å²) in [5.74, 6) is 0.752. The smallest absolute Gasteiger partial charge is 0.324 e. The summed E-state index contributed by atoms with van der Waals surface area (Å²) in [6.07, 6.45) is 4.91. The monoisotopic (exact) mass is 523 g/mol. The van der Waals surface area contributed by atoms with Crippen LogP contribution in [0.1, 0.15) is 18.9 Å². The van der Waals surface area contributed by atoms with Gasteiger partial charge in [-0.1, -0.05) is 42.5 Å². The largest absolute Gasteiger partial charge is 0.466 e. The van der Waals surface area contributed by atoms with Gasteiger partial charge in [0.1, 0.15) is 0 Å². The summed E-state index contributed by atoms with van der Waals surface area (Å²) in [7, 11) is 0. The number of rotatable bonds is 9. The Labute approximate surface area is 223 Å². The van der Waals surface area contributed by atoms with Crippen LogP contribution < -0.4 is 16.0 Å². The number of ether oxygens (including phenoxy) is 1. The molecule has 0 aliphatic heterocycles. The molecule has 0 spiro atoms. The second-order valence-electron chi connectivity index (χ2n) is 8.51. The number of urea groups is 1. The molecule has 0 aliphatic carbocycles. The Morgan fingerprint density at radius 3 is 2.49 bits per heavy atom. The van der Waals surface area contributed by atoms with Crippen molar-refractivity contribution in [2.45, 2.75) is 19.8 Å². The fourth-order valence-electron chi connectivity index (χ4n) is 3.75. The molecule has 2 amide bonds. The number of anilines is 4. The molecule has 12 nitrogen and oxygen atoms in total. The van der Waals surface area contributed by atoms with Gasteiger partial charge in [-0.3, -0.25) is 10.1 Å². The fourth-order valence-corrected chi connectivity index (χ4v) is 3.75. The second-order valence-corrected chi connectivity index (χ2v) is 8.51. The van der Waals surface area contributed by atoms with Gasteiger partial charge < -0.3 is 15.4 Å². The first kappa shape index (κ1) is 25.3. The number of hydrogen-bond donors (Lipinski definition) is 3. The Hall–Kier alpha value is -5.39. The van der Waals surface area contributed by atoms with Gasteiger partial charge in [0.15, 0.2) is 5.82 Å². The lowest BCUT2D eigenvalue weighted by atomic mass is 10.1. The normalized spacial score (nSPS) is 10.7. The van der Waals surface area contributed by atoms with E-state index in [0.717, 1.165) is 11.1 Å². The molecule has 0 bridgehead atoms. The summed E-state index contributed by atoms with van der Waals surface area (Å²) in [4.78, 5) is 32.3. The van der Waals surface area contributed by atoms with E-state index >= 15 is 0 Å². The molecule has 0 unspecified atom stereocenters. The van der Waals surface area contributed by atoms with Crippen molar-refractivity contribution < 1.29 is 14.3 Å². The van der Waals surface area contributed by atoms with Crippen LogP contribution in [0.5, 0.6) is 0 Å². The average Bonchev–Trinajstić information content (AvgIpc) is 3.34. The average molecular weight is 524 g/mol. The van der Waals surface area contributed by atoms with Crippen LogP contribution >= 0.6 is 0 Å². The van der Waals surface area contributed by atoms with E-state index in [-0.39, 0.29) is 5.97 Å². The van der Waals surface area contributed by atoms with Crippen LogP contribution in [-0.4, -0.2) is 48.4 Å². The van der Waals surface area contributed by atoms with Crippen molar-refractivity contribution in [1.82, 2.24) is 29.8 Å². The molecule has 3 heterocycles. The second kappa shape index (κ2) is 11.8. The van der Waals surface area contributed by atoms with Crippen LogP contribution in [-0.2, 0) is 16.0 Å². The number of nitrogens with zero attached hydrogens (tertiary/aromatic N) is 6. The number of para-hydroxylation sites is 2. The molecular weight excluding hydrogens is 498 g/mol. The number of aryl methyl sites for hydroxylation is 1. The highest BCUT2D eigenvalue weighted by Crippen LogP contribution is 2.24. The Morgan fingerprint density at radius 1 is 0.923 bits per heavy atom. The molecular formula is C27H25N9O3. The third-order valence-electron chi connectivity index (χ3n) is 5.56. The number of aromatic nitrogens is 6. The maximum absolute atomic E-state index is 12.7. The number of nitrogens with one attached hydrogen (secondary N) is 3. The van der Waals surface area contributed by atoms with Crippen LogP contribution in [0.2, 0.25) is 0 Å². The van der Waals surface area contributed by atoms with Gasteiger partial charge in [-0.2, -0.15) is 4.98 Å². The molecule has 12 heteroatoms. The predicted octanol–water partition coefficient (Wildman–Crippen LogP) is 4.46. The lowest BCUT2D eigenvalue weighted by Crippen LogP contribution is -2.21. The summed E-state index contributed by atoms with van der Waals surface area (Å²) < 4.78 is 6.54. The Kier molecular flexibility index (Phi) is 7.63. The predicted molar refractivity (Wildman–Crippen MR) is 146 cm³/mol. The molecule has 0 saturated carbocycles. The number of esters is 1. The van der Waals surface area contributed by atoms with Crippen LogP contribution in [0.4, 0.5) is 27.9 Å². The van der Waals surface area contributed by atoms with E-state index in [1.165, 1.54) is 6.92 Å². The summed E-state index contributed by atoms with van der Waals surface area (Å²) in [5, 5.41) is 21.4. The third-order valence-corrected chi connectivity index (χ3v) is 5.56. The van der Waals surface area contributed by atoms with E-state index in [1.54, 1.807) is 41.0 Å². The quantitative estimate of drug-likeness (QED) is 0.188. The summed E-state index contributed by atoms with van der Waals surface area (Å²) in [6.45, 7) is 1.73. The zero-order chi connectivity index (χ0) is 27.0. The molecule has 196 valence electrons. The van der Waals surface area contributed by atoms with Gasteiger partial charge in [0, 0.05) is 24.9 Å². The Bertz CT molecular complexity index is 1590. The SMILES string of the molecule is CC(=O)OCCCc1cnc2nc(Nc3ccccc3NC(=O)Nc3ccc(-c4ccccc4)nn3)nn2c1.